The quantitative estimate of drug-likeness (QED) is 0.671. The van der Waals surface area contributed by atoms with Crippen LogP contribution in [0.1, 0.15) is 19.4 Å². The average Bonchev–Trinajstić information content (AvgIpc) is 2.03. The average molecular weight is 201 g/mol. The van der Waals surface area contributed by atoms with Gasteiger partial charge in [0.05, 0.1) is 0 Å². The van der Waals surface area contributed by atoms with Gasteiger partial charge in [-0.05, 0) is 26.0 Å². The molecule has 0 aromatic heterocycles. The standard InChI is InChI=1S/C10H10ClFO/c1-10(2,6-13)9-7(11)4-3-5-8(9)12/h3-6H,1-2H3. The summed E-state index contributed by atoms with van der Waals surface area (Å²) in [6.45, 7) is 3.26. The van der Waals surface area contributed by atoms with Crippen molar-refractivity contribution in [3.63, 3.8) is 0 Å². The molecule has 0 N–H and O–H groups in total. The monoisotopic (exact) mass is 200 g/mol. The predicted molar refractivity (Wildman–Crippen MR) is 50.5 cm³/mol. The first-order valence-electron chi connectivity index (χ1n) is 3.90. The van der Waals surface area contributed by atoms with Gasteiger partial charge in [-0.15, -0.1) is 0 Å². The Morgan fingerprint density at radius 3 is 2.54 bits per heavy atom. The van der Waals surface area contributed by atoms with Crippen LogP contribution >= 0.6 is 11.6 Å². The first kappa shape index (κ1) is 10.2. The van der Waals surface area contributed by atoms with E-state index in [4.69, 9.17) is 11.6 Å². The topological polar surface area (TPSA) is 17.1 Å². The molecule has 70 valence electrons. The first-order valence-corrected chi connectivity index (χ1v) is 4.27. The lowest BCUT2D eigenvalue weighted by Gasteiger charge is -2.19. The van der Waals surface area contributed by atoms with Gasteiger partial charge in [-0.25, -0.2) is 4.39 Å². The number of rotatable bonds is 2. The lowest BCUT2D eigenvalue weighted by atomic mass is 9.86. The highest BCUT2D eigenvalue weighted by molar-refractivity contribution is 6.31. The van der Waals surface area contributed by atoms with Gasteiger partial charge in [0.1, 0.15) is 12.1 Å². The Hall–Kier alpha value is -0.890. The van der Waals surface area contributed by atoms with Crippen molar-refractivity contribution in [2.75, 3.05) is 0 Å². The van der Waals surface area contributed by atoms with Gasteiger partial charge in [0.15, 0.2) is 0 Å². The molecule has 0 atom stereocenters. The Morgan fingerprint density at radius 1 is 1.46 bits per heavy atom. The third-order valence-electron chi connectivity index (χ3n) is 1.90. The molecule has 0 aliphatic carbocycles. The first-order chi connectivity index (χ1) is 5.99. The van der Waals surface area contributed by atoms with E-state index in [1.807, 2.05) is 0 Å². The second kappa shape index (κ2) is 3.46. The van der Waals surface area contributed by atoms with Crippen LogP contribution in [0.2, 0.25) is 5.02 Å². The van der Waals surface area contributed by atoms with Crippen molar-refractivity contribution in [2.24, 2.45) is 0 Å². The van der Waals surface area contributed by atoms with Crippen LogP contribution in [0, 0.1) is 5.82 Å². The van der Waals surface area contributed by atoms with Gasteiger partial charge in [0.2, 0.25) is 0 Å². The fourth-order valence-corrected chi connectivity index (χ4v) is 1.58. The fraction of sp³-hybridized carbons (Fsp3) is 0.300. The van der Waals surface area contributed by atoms with Crippen molar-refractivity contribution in [1.29, 1.82) is 0 Å². The van der Waals surface area contributed by atoms with E-state index in [9.17, 15) is 9.18 Å². The van der Waals surface area contributed by atoms with Crippen molar-refractivity contribution in [3.8, 4) is 0 Å². The molecule has 1 aromatic carbocycles. The third kappa shape index (κ3) is 1.89. The van der Waals surface area contributed by atoms with Crippen LogP contribution in [-0.4, -0.2) is 6.29 Å². The molecule has 13 heavy (non-hydrogen) atoms. The van der Waals surface area contributed by atoms with Crippen molar-refractivity contribution >= 4 is 17.9 Å². The maximum absolute atomic E-state index is 13.3. The van der Waals surface area contributed by atoms with E-state index in [0.29, 0.717) is 6.29 Å². The predicted octanol–water partition coefficient (Wildman–Crippen LogP) is 2.96. The summed E-state index contributed by atoms with van der Waals surface area (Å²) in [5.41, 5.74) is -0.616. The van der Waals surface area contributed by atoms with Crippen LogP contribution in [0.5, 0.6) is 0 Å². The molecule has 0 radical (unpaired) electrons. The van der Waals surface area contributed by atoms with Gasteiger partial charge < -0.3 is 4.79 Å². The molecule has 1 nitrogen and oxygen atoms in total. The maximum atomic E-state index is 13.3. The number of carbonyl (C=O) groups excluding carboxylic acids is 1. The van der Waals surface area contributed by atoms with Gasteiger partial charge in [-0.3, -0.25) is 0 Å². The second-order valence-corrected chi connectivity index (χ2v) is 3.84. The van der Waals surface area contributed by atoms with Crippen LogP contribution < -0.4 is 0 Å². The minimum absolute atomic E-state index is 0.256. The molecule has 0 amide bonds. The summed E-state index contributed by atoms with van der Waals surface area (Å²) in [7, 11) is 0. The van der Waals surface area contributed by atoms with Crippen LogP contribution in [0.4, 0.5) is 4.39 Å². The van der Waals surface area contributed by atoms with E-state index in [1.165, 1.54) is 12.1 Å². The summed E-state index contributed by atoms with van der Waals surface area (Å²) in [5, 5.41) is 0.289. The minimum Gasteiger partial charge on any atom is -0.302 e. The number of aldehydes is 1. The summed E-state index contributed by atoms with van der Waals surface area (Å²) in [4.78, 5) is 10.7. The third-order valence-corrected chi connectivity index (χ3v) is 2.22. The van der Waals surface area contributed by atoms with E-state index in [2.05, 4.69) is 0 Å². The van der Waals surface area contributed by atoms with Crippen LogP contribution in [0.15, 0.2) is 18.2 Å². The van der Waals surface area contributed by atoms with Crippen LogP contribution in [0.25, 0.3) is 0 Å². The molecule has 0 spiro atoms. The number of hydrogen-bond acceptors (Lipinski definition) is 1. The highest BCUT2D eigenvalue weighted by Crippen LogP contribution is 2.30. The number of carbonyl (C=O) groups is 1. The number of halogens is 2. The number of benzene rings is 1. The molecule has 0 aliphatic rings. The highest BCUT2D eigenvalue weighted by atomic mass is 35.5. The Balaban J connectivity index is 3.36. The minimum atomic E-state index is -0.873. The fourth-order valence-electron chi connectivity index (χ4n) is 1.17. The van der Waals surface area contributed by atoms with Crippen molar-refractivity contribution in [1.82, 2.24) is 0 Å². The van der Waals surface area contributed by atoms with Gasteiger partial charge in [-0.2, -0.15) is 0 Å². The van der Waals surface area contributed by atoms with Crippen molar-refractivity contribution in [3.05, 3.63) is 34.6 Å². The summed E-state index contributed by atoms with van der Waals surface area (Å²) < 4.78 is 13.3. The Kier molecular flexibility index (Phi) is 2.71. The van der Waals surface area contributed by atoms with E-state index < -0.39 is 11.2 Å². The maximum Gasteiger partial charge on any atom is 0.130 e. The molecule has 0 bridgehead atoms. The largest absolute Gasteiger partial charge is 0.302 e. The normalized spacial score (nSPS) is 11.4. The molecule has 0 saturated carbocycles. The summed E-state index contributed by atoms with van der Waals surface area (Å²) >= 11 is 5.79. The Bertz CT molecular complexity index is 313. The van der Waals surface area contributed by atoms with Gasteiger partial charge in [-0.1, -0.05) is 17.7 Å². The summed E-state index contributed by atoms with van der Waals surface area (Å²) in [5.74, 6) is -0.440. The molecular formula is C10H10ClFO. The van der Waals surface area contributed by atoms with E-state index in [-0.39, 0.29) is 10.6 Å². The molecule has 0 heterocycles. The van der Waals surface area contributed by atoms with E-state index in [1.54, 1.807) is 19.9 Å². The second-order valence-electron chi connectivity index (χ2n) is 3.44. The molecule has 1 rings (SSSR count). The van der Waals surface area contributed by atoms with Gasteiger partial charge in [0, 0.05) is 16.0 Å². The Labute approximate surface area is 81.5 Å². The van der Waals surface area contributed by atoms with Gasteiger partial charge >= 0.3 is 0 Å². The highest BCUT2D eigenvalue weighted by Gasteiger charge is 2.25. The zero-order valence-corrected chi connectivity index (χ0v) is 8.23. The summed E-state index contributed by atoms with van der Waals surface area (Å²) in [6, 6.07) is 4.39. The van der Waals surface area contributed by atoms with E-state index >= 15 is 0 Å². The SMILES string of the molecule is CC(C)(C=O)c1c(F)cccc1Cl. The smallest absolute Gasteiger partial charge is 0.130 e. The lowest BCUT2D eigenvalue weighted by molar-refractivity contribution is -0.111. The molecule has 3 heteroatoms. The summed E-state index contributed by atoms with van der Waals surface area (Å²) in [6.07, 6.45) is 0.692. The molecule has 0 saturated heterocycles. The van der Waals surface area contributed by atoms with E-state index in [0.717, 1.165) is 0 Å². The van der Waals surface area contributed by atoms with Crippen molar-refractivity contribution < 1.29 is 9.18 Å². The molecular weight excluding hydrogens is 191 g/mol. The molecule has 1 aromatic rings. The van der Waals surface area contributed by atoms with Crippen molar-refractivity contribution in [2.45, 2.75) is 19.3 Å². The zero-order valence-electron chi connectivity index (χ0n) is 7.47. The van der Waals surface area contributed by atoms with Gasteiger partial charge in [0.25, 0.3) is 0 Å². The molecule has 0 aliphatic heterocycles. The molecule has 0 fully saturated rings. The van der Waals surface area contributed by atoms with Crippen LogP contribution in [0.3, 0.4) is 0 Å². The Morgan fingerprint density at radius 2 is 2.08 bits per heavy atom. The lowest BCUT2D eigenvalue weighted by Crippen LogP contribution is -2.21. The van der Waals surface area contributed by atoms with Crippen LogP contribution in [-0.2, 0) is 10.2 Å². The zero-order chi connectivity index (χ0) is 10.1. The number of hydrogen-bond donors (Lipinski definition) is 0. The molecule has 0 unspecified atom stereocenters.